The first kappa shape index (κ1) is 16.0. The molecule has 4 nitrogen and oxygen atoms in total. The van der Waals surface area contributed by atoms with Crippen LogP contribution < -0.4 is 10.1 Å². The summed E-state index contributed by atoms with van der Waals surface area (Å²) in [4.78, 5) is 0. The van der Waals surface area contributed by atoms with Crippen LogP contribution in [0.3, 0.4) is 0 Å². The third-order valence-corrected chi connectivity index (χ3v) is 3.92. The Kier molecular flexibility index (Phi) is 5.42. The number of ether oxygens (including phenoxy) is 1. The SMILES string of the molecule is CCNC(C)c1cc(Br)ccc1OCc1cc(C)nn1C. The van der Waals surface area contributed by atoms with E-state index >= 15 is 0 Å². The summed E-state index contributed by atoms with van der Waals surface area (Å²) in [7, 11) is 1.94. The summed E-state index contributed by atoms with van der Waals surface area (Å²) < 4.78 is 8.94. The fourth-order valence-corrected chi connectivity index (χ4v) is 2.74. The smallest absolute Gasteiger partial charge is 0.130 e. The van der Waals surface area contributed by atoms with E-state index in [1.807, 2.05) is 36.9 Å². The molecule has 114 valence electrons. The van der Waals surface area contributed by atoms with E-state index in [0.717, 1.165) is 33.7 Å². The van der Waals surface area contributed by atoms with Gasteiger partial charge in [-0.05, 0) is 44.7 Å². The van der Waals surface area contributed by atoms with E-state index in [0.29, 0.717) is 6.61 Å². The van der Waals surface area contributed by atoms with E-state index in [9.17, 15) is 0 Å². The Balaban J connectivity index is 2.17. The molecular weight excluding hydrogens is 330 g/mol. The molecule has 5 heteroatoms. The Labute approximate surface area is 134 Å². The molecular formula is C16H22BrN3O. The number of halogens is 1. The molecule has 0 bridgehead atoms. The van der Waals surface area contributed by atoms with E-state index in [-0.39, 0.29) is 6.04 Å². The molecule has 0 saturated carbocycles. The summed E-state index contributed by atoms with van der Waals surface area (Å²) >= 11 is 3.53. The predicted octanol–water partition coefficient (Wildman–Crippen LogP) is 3.74. The lowest BCUT2D eigenvalue weighted by Gasteiger charge is -2.18. The Morgan fingerprint density at radius 2 is 2.14 bits per heavy atom. The third kappa shape index (κ3) is 4.08. The summed E-state index contributed by atoms with van der Waals surface area (Å²) in [5, 5.41) is 7.77. The van der Waals surface area contributed by atoms with Crippen LogP contribution in [0.15, 0.2) is 28.7 Å². The van der Waals surface area contributed by atoms with Crippen LogP contribution in [0.1, 0.15) is 36.8 Å². The van der Waals surface area contributed by atoms with Gasteiger partial charge in [-0.2, -0.15) is 5.10 Å². The molecule has 1 N–H and O–H groups in total. The van der Waals surface area contributed by atoms with Gasteiger partial charge in [0.1, 0.15) is 12.4 Å². The predicted molar refractivity (Wildman–Crippen MR) is 88.5 cm³/mol. The summed E-state index contributed by atoms with van der Waals surface area (Å²) in [5.74, 6) is 0.908. The van der Waals surface area contributed by atoms with Crippen LogP contribution in [-0.4, -0.2) is 16.3 Å². The van der Waals surface area contributed by atoms with Gasteiger partial charge >= 0.3 is 0 Å². The highest BCUT2D eigenvalue weighted by atomic mass is 79.9. The summed E-state index contributed by atoms with van der Waals surface area (Å²) in [6.45, 7) is 7.68. The first-order valence-electron chi connectivity index (χ1n) is 7.16. The number of aryl methyl sites for hydroxylation is 2. The highest BCUT2D eigenvalue weighted by molar-refractivity contribution is 9.10. The van der Waals surface area contributed by atoms with Gasteiger partial charge in [0.25, 0.3) is 0 Å². The van der Waals surface area contributed by atoms with Crippen LogP contribution in [0, 0.1) is 6.92 Å². The number of rotatable bonds is 6. The molecule has 2 aromatic rings. The van der Waals surface area contributed by atoms with Crippen molar-refractivity contribution in [2.45, 2.75) is 33.4 Å². The minimum Gasteiger partial charge on any atom is -0.487 e. The van der Waals surface area contributed by atoms with Crippen LogP contribution in [0.4, 0.5) is 0 Å². The van der Waals surface area contributed by atoms with Crippen molar-refractivity contribution in [3.8, 4) is 5.75 Å². The molecule has 0 radical (unpaired) electrons. The van der Waals surface area contributed by atoms with Gasteiger partial charge in [-0.25, -0.2) is 0 Å². The lowest BCUT2D eigenvalue weighted by atomic mass is 10.1. The second kappa shape index (κ2) is 7.09. The lowest BCUT2D eigenvalue weighted by Crippen LogP contribution is -2.18. The minimum absolute atomic E-state index is 0.246. The average molecular weight is 352 g/mol. The molecule has 1 aromatic carbocycles. The van der Waals surface area contributed by atoms with Crippen molar-refractivity contribution in [2.24, 2.45) is 7.05 Å². The first-order chi connectivity index (χ1) is 10.0. The van der Waals surface area contributed by atoms with E-state index in [4.69, 9.17) is 4.74 Å². The van der Waals surface area contributed by atoms with Crippen LogP contribution in [0.2, 0.25) is 0 Å². The van der Waals surface area contributed by atoms with Crippen molar-refractivity contribution in [2.75, 3.05) is 6.54 Å². The van der Waals surface area contributed by atoms with Gasteiger partial charge in [0.2, 0.25) is 0 Å². The van der Waals surface area contributed by atoms with Gasteiger partial charge in [-0.3, -0.25) is 4.68 Å². The molecule has 21 heavy (non-hydrogen) atoms. The van der Waals surface area contributed by atoms with Gasteiger partial charge in [0, 0.05) is 23.1 Å². The summed E-state index contributed by atoms with van der Waals surface area (Å²) in [6, 6.07) is 8.42. The molecule has 0 fully saturated rings. The van der Waals surface area contributed by atoms with Crippen molar-refractivity contribution < 1.29 is 4.74 Å². The van der Waals surface area contributed by atoms with Crippen molar-refractivity contribution in [3.63, 3.8) is 0 Å². The standard InChI is InChI=1S/C16H22BrN3O/c1-5-18-12(3)15-9-13(17)6-7-16(15)21-10-14-8-11(2)19-20(14)4/h6-9,12,18H,5,10H2,1-4H3. The molecule has 1 heterocycles. The third-order valence-electron chi connectivity index (χ3n) is 3.42. The second-order valence-corrected chi connectivity index (χ2v) is 6.07. The topological polar surface area (TPSA) is 39.1 Å². The zero-order valence-electron chi connectivity index (χ0n) is 13.0. The number of hydrogen-bond donors (Lipinski definition) is 1. The maximum atomic E-state index is 6.02. The molecule has 0 aliphatic carbocycles. The Bertz CT molecular complexity index is 610. The molecule has 1 aromatic heterocycles. The van der Waals surface area contributed by atoms with Crippen molar-refractivity contribution >= 4 is 15.9 Å². The lowest BCUT2D eigenvalue weighted by molar-refractivity contribution is 0.289. The second-order valence-electron chi connectivity index (χ2n) is 5.15. The highest BCUT2D eigenvalue weighted by Crippen LogP contribution is 2.29. The van der Waals surface area contributed by atoms with E-state index in [2.05, 4.69) is 46.3 Å². The quantitative estimate of drug-likeness (QED) is 0.861. The van der Waals surface area contributed by atoms with Gasteiger partial charge in [0.15, 0.2) is 0 Å². The molecule has 2 rings (SSSR count). The number of nitrogens with zero attached hydrogens (tertiary/aromatic N) is 2. The Hall–Kier alpha value is -1.33. The average Bonchev–Trinajstić information content (AvgIpc) is 2.76. The normalized spacial score (nSPS) is 12.4. The van der Waals surface area contributed by atoms with Crippen LogP contribution in [0.25, 0.3) is 0 Å². The monoisotopic (exact) mass is 351 g/mol. The molecule has 1 unspecified atom stereocenters. The van der Waals surface area contributed by atoms with Gasteiger partial charge in [-0.1, -0.05) is 22.9 Å². The number of nitrogens with one attached hydrogen (secondary N) is 1. The molecule has 0 aliphatic heterocycles. The van der Waals surface area contributed by atoms with Crippen LogP contribution in [0.5, 0.6) is 5.75 Å². The minimum atomic E-state index is 0.246. The largest absolute Gasteiger partial charge is 0.487 e. The highest BCUT2D eigenvalue weighted by Gasteiger charge is 2.12. The summed E-state index contributed by atoms with van der Waals surface area (Å²) in [5.41, 5.74) is 3.23. The maximum absolute atomic E-state index is 6.02. The molecule has 0 saturated heterocycles. The van der Waals surface area contributed by atoms with E-state index in [1.54, 1.807) is 0 Å². The van der Waals surface area contributed by atoms with Crippen LogP contribution in [-0.2, 0) is 13.7 Å². The molecule has 1 atom stereocenters. The fraction of sp³-hybridized carbons (Fsp3) is 0.438. The first-order valence-corrected chi connectivity index (χ1v) is 7.95. The van der Waals surface area contributed by atoms with Crippen LogP contribution >= 0.6 is 15.9 Å². The zero-order chi connectivity index (χ0) is 15.4. The van der Waals surface area contributed by atoms with Crippen molar-refractivity contribution in [1.82, 2.24) is 15.1 Å². The fourth-order valence-electron chi connectivity index (χ4n) is 2.36. The maximum Gasteiger partial charge on any atom is 0.130 e. The molecule has 0 amide bonds. The Morgan fingerprint density at radius 3 is 2.76 bits per heavy atom. The molecule has 0 aliphatic rings. The van der Waals surface area contributed by atoms with Crippen molar-refractivity contribution in [3.05, 3.63) is 45.7 Å². The van der Waals surface area contributed by atoms with Gasteiger partial charge < -0.3 is 10.1 Å². The molecule has 0 spiro atoms. The summed E-state index contributed by atoms with van der Waals surface area (Å²) in [6.07, 6.45) is 0. The number of aromatic nitrogens is 2. The van der Waals surface area contributed by atoms with Gasteiger partial charge in [0.05, 0.1) is 11.4 Å². The van der Waals surface area contributed by atoms with Crippen molar-refractivity contribution in [1.29, 1.82) is 0 Å². The zero-order valence-corrected chi connectivity index (χ0v) is 14.6. The van der Waals surface area contributed by atoms with E-state index in [1.165, 1.54) is 0 Å². The number of hydrogen-bond acceptors (Lipinski definition) is 3. The van der Waals surface area contributed by atoms with Gasteiger partial charge in [-0.15, -0.1) is 0 Å². The Morgan fingerprint density at radius 1 is 1.38 bits per heavy atom. The number of benzene rings is 1. The van der Waals surface area contributed by atoms with E-state index < -0.39 is 0 Å².